The highest BCUT2D eigenvalue weighted by atomic mass is 16.6. The zero-order chi connectivity index (χ0) is 8.81. The van der Waals surface area contributed by atoms with Crippen molar-refractivity contribution in [3.8, 4) is 0 Å². The second-order valence-electron chi connectivity index (χ2n) is 2.86. The molecule has 0 saturated carbocycles. The van der Waals surface area contributed by atoms with Crippen LogP contribution in [0.2, 0.25) is 0 Å². The van der Waals surface area contributed by atoms with Crippen molar-refractivity contribution in [2.24, 2.45) is 0 Å². The molecule has 2 heterocycles. The largest absolute Gasteiger partial charge is 0.388 e. The molecule has 4 heteroatoms. The predicted octanol–water partition coefficient (Wildman–Crippen LogP) is 0.0632. The monoisotopic (exact) mass is 176 g/mol. The Kier molecular flexibility index (Phi) is 4.53. The summed E-state index contributed by atoms with van der Waals surface area (Å²) in [6.07, 6.45) is 0.785. The highest BCUT2D eigenvalue weighted by molar-refractivity contribution is 4.71. The Morgan fingerprint density at radius 3 is 1.67 bits per heavy atom. The van der Waals surface area contributed by atoms with Crippen LogP contribution in [0.15, 0.2) is 0 Å². The zero-order valence-corrected chi connectivity index (χ0v) is 7.62. The molecule has 0 amide bonds. The number of hydrogen-bond acceptors (Lipinski definition) is 4. The predicted molar refractivity (Wildman–Crippen MR) is 43.2 cm³/mol. The fraction of sp³-hybridized carbons (Fsp3) is 1.00. The highest BCUT2D eigenvalue weighted by Crippen LogP contribution is 2.12. The highest BCUT2D eigenvalue weighted by Gasteiger charge is 2.26. The molecule has 72 valence electrons. The van der Waals surface area contributed by atoms with Gasteiger partial charge in [0.25, 0.3) is 0 Å². The Bertz CT molecular complexity index is 97.6. The first kappa shape index (κ1) is 9.92. The topological polar surface area (TPSA) is 43.5 Å². The third kappa shape index (κ3) is 5.49. The number of hydrogen-bond donors (Lipinski definition) is 0. The molecular weight excluding hydrogens is 160 g/mol. The van der Waals surface area contributed by atoms with Gasteiger partial charge in [0, 0.05) is 14.2 Å². The number of ether oxygens (including phenoxy) is 4. The van der Waals surface area contributed by atoms with Crippen LogP contribution in [0.5, 0.6) is 0 Å². The van der Waals surface area contributed by atoms with Gasteiger partial charge in [-0.3, -0.25) is 0 Å². The van der Waals surface area contributed by atoms with E-state index in [1.807, 2.05) is 0 Å². The fourth-order valence-corrected chi connectivity index (χ4v) is 0.659. The molecule has 0 spiro atoms. The van der Waals surface area contributed by atoms with Gasteiger partial charge in [0.15, 0.2) is 0 Å². The van der Waals surface area contributed by atoms with Gasteiger partial charge < -0.3 is 18.9 Å². The molecular formula is C8H16O4. The van der Waals surface area contributed by atoms with Crippen LogP contribution in [0.4, 0.5) is 0 Å². The van der Waals surface area contributed by atoms with E-state index in [0.29, 0.717) is 12.2 Å². The molecule has 2 aliphatic rings. The van der Waals surface area contributed by atoms with E-state index in [4.69, 9.17) is 14.2 Å². The van der Waals surface area contributed by atoms with E-state index in [9.17, 15) is 0 Å². The molecule has 0 aromatic carbocycles. The smallest absolute Gasteiger partial charge is 0.104 e. The van der Waals surface area contributed by atoms with Crippen molar-refractivity contribution < 1.29 is 18.9 Å². The maximum Gasteiger partial charge on any atom is 0.104 e. The van der Waals surface area contributed by atoms with Gasteiger partial charge in [0.05, 0.1) is 26.4 Å². The lowest BCUT2D eigenvalue weighted by atomic mass is 10.5. The Labute approximate surface area is 72.7 Å². The van der Waals surface area contributed by atoms with Crippen LogP contribution < -0.4 is 0 Å². The zero-order valence-electron chi connectivity index (χ0n) is 7.62. The lowest BCUT2D eigenvalue weighted by Gasteiger charge is -1.95. The second-order valence-corrected chi connectivity index (χ2v) is 2.86. The Balaban J connectivity index is 0.000000213. The van der Waals surface area contributed by atoms with Crippen LogP contribution >= 0.6 is 0 Å². The maximum absolute atomic E-state index is 5.23. The van der Waals surface area contributed by atoms with Crippen molar-refractivity contribution in [1.29, 1.82) is 0 Å². The van der Waals surface area contributed by atoms with Gasteiger partial charge in [-0.25, -0.2) is 0 Å². The second kappa shape index (κ2) is 5.48. The van der Waals surface area contributed by atoms with Crippen LogP contribution in [-0.4, -0.2) is 52.9 Å². The number of rotatable bonds is 4. The van der Waals surface area contributed by atoms with Crippen molar-refractivity contribution in [1.82, 2.24) is 0 Å². The van der Waals surface area contributed by atoms with Crippen LogP contribution in [-0.2, 0) is 18.9 Å². The van der Waals surface area contributed by atoms with Crippen molar-refractivity contribution in [3.05, 3.63) is 0 Å². The minimum Gasteiger partial charge on any atom is -0.388 e. The molecule has 0 radical (unpaired) electrons. The van der Waals surface area contributed by atoms with E-state index in [1.54, 1.807) is 14.2 Å². The SMILES string of the molecule is C(OCC1CO1)C1CO1.COC. The number of epoxide rings is 2. The minimum absolute atomic E-state index is 0.392. The molecule has 2 aliphatic heterocycles. The van der Waals surface area contributed by atoms with Crippen LogP contribution in [0.25, 0.3) is 0 Å². The van der Waals surface area contributed by atoms with Crippen LogP contribution in [0.3, 0.4) is 0 Å². The average Bonchev–Trinajstić information content (AvgIpc) is 2.82. The van der Waals surface area contributed by atoms with Crippen molar-refractivity contribution in [2.75, 3.05) is 40.6 Å². The minimum atomic E-state index is 0.392. The lowest BCUT2D eigenvalue weighted by molar-refractivity contribution is 0.102. The molecule has 2 rings (SSSR count). The first-order valence-electron chi connectivity index (χ1n) is 4.08. The van der Waals surface area contributed by atoms with Crippen molar-refractivity contribution in [3.63, 3.8) is 0 Å². The molecule has 0 N–H and O–H groups in total. The molecule has 0 aliphatic carbocycles. The summed E-state index contributed by atoms with van der Waals surface area (Å²) in [6.45, 7) is 3.26. The summed E-state index contributed by atoms with van der Waals surface area (Å²) in [5.41, 5.74) is 0. The van der Waals surface area contributed by atoms with Crippen LogP contribution in [0.1, 0.15) is 0 Å². The van der Waals surface area contributed by atoms with E-state index in [-0.39, 0.29) is 0 Å². The fourth-order valence-electron chi connectivity index (χ4n) is 0.659. The number of methoxy groups -OCH3 is 1. The van der Waals surface area contributed by atoms with Gasteiger partial charge in [-0.2, -0.15) is 0 Å². The molecule has 2 fully saturated rings. The molecule has 2 saturated heterocycles. The van der Waals surface area contributed by atoms with E-state index in [2.05, 4.69) is 4.74 Å². The average molecular weight is 176 g/mol. The molecule has 12 heavy (non-hydrogen) atoms. The van der Waals surface area contributed by atoms with Crippen LogP contribution in [0, 0.1) is 0 Å². The van der Waals surface area contributed by atoms with Gasteiger partial charge in [0.2, 0.25) is 0 Å². The van der Waals surface area contributed by atoms with Gasteiger partial charge in [-0.05, 0) is 0 Å². The Hall–Kier alpha value is -0.160. The quantitative estimate of drug-likeness (QED) is 0.568. The molecule has 0 bridgehead atoms. The van der Waals surface area contributed by atoms with Crippen molar-refractivity contribution >= 4 is 0 Å². The van der Waals surface area contributed by atoms with E-state index >= 15 is 0 Å². The first-order valence-corrected chi connectivity index (χ1v) is 4.08. The standard InChI is InChI=1S/C6H10O3.C2H6O/c1(5-3-8-5)7-2-6-4-9-6;1-3-2/h5-6H,1-4H2;1-2H3. The summed E-state index contributed by atoms with van der Waals surface area (Å²) < 4.78 is 19.4. The van der Waals surface area contributed by atoms with Crippen molar-refractivity contribution in [2.45, 2.75) is 12.2 Å². The Morgan fingerprint density at radius 1 is 1.08 bits per heavy atom. The van der Waals surface area contributed by atoms with E-state index in [1.165, 1.54) is 0 Å². The third-order valence-electron chi connectivity index (χ3n) is 1.41. The molecule has 0 aromatic rings. The van der Waals surface area contributed by atoms with Gasteiger partial charge in [-0.1, -0.05) is 0 Å². The molecule has 2 atom stereocenters. The summed E-state index contributed by atoms with van der Waals surface area (Å²) in [4.78, 5) is 0. The van der Waals surface area contributed by atoms with Gasteiger partial charge >= 0.3 is 0 Å². The summed E-state index contributed by atoms with van der Waals surface area (Å²) >= 11 is 0. The van der Waals surface area contributed by atoms with E-state index in [0.717, 1.165) is 26.4 Å². The van der Waals surface area contributed by atoms with Gasteiger partial charge in [-0.15, -0.1) is 0 Å². The van der Waals surface area contributed by atoms with Gasteiger partial charge in [0.1, 0.15) is 12.2 Å². The molecule has 0 aromatic heterocycles. The lowest BCUT2D eigenvalue weighted by Crippen LogP contribution is -2.06. The maximum atomic E-state index is 5.23. The summed E-state index contributed by atoms with van der Waals surface area (Å²) in [5.74, 6) is 0. The summed E-state index contributed by atoms with van der Waals surface area (Å²) in [5, 5.41) is 0. The molecule has 2 unspecified atom stereocenters. The Morgan fingerprint density at radius 2 is 1.42 bits per heavy atom. The third-order valence-corrected chi connectivity index (χ3v) is 1.41. The summed E-state index contributed by atoms with van der Waals surface area (Å²) in [6, 6.07) is 0. The summed E-state index contributed by atoms with van der Waals surface area (Å²) in [7, 11) is 3.25. The first-order chi connectivity index (χ1) is 5.86. The molecule has 4 nitrogen and oxygen atoms in total. The normalized spacial score (nSPS) is 30.5. The van der Waals surface area contributed by atoms with E-state index < -0.39 is 0 Å².